The van der Waals surface area contributed by atoms with Gasteiger partial charge in [0.2, 0.25) is 0 Å². The predicted octanol–water partition coefficient (Wildman–Crippen LogP) is 1.43. The van der Waals surface area contributed by atoms with Crippen molar-refractivity contribution < 1.29 is 23.8 Å². The Morgan fingerprint density at radius 3 is 2.43 bits per heavy atom. The molecule has 0 fully saturated rings. The van der Waals surface area contributed by atoms with Gasteiger partial charge in [0.25, 0.3) is 0 Å². The Balaban J connectivity index is 2.91. The average molecular weight is 295 g/mol. The Labute approximate surface area is 124 Å². The molecule has 0 amide bonds. The molecule has 0 radical (unpaired) electrons. The lowest BCUT2D eigenvalue weighted by Crippen LogP contribution is -2.34. The van der Waals surface area contributed by atoms with Gasteiger partial charge in [-0.2, -0.15) is 0 Å². The fourth-order valence-electron chi connectivity index (χ4n) is 1.96. The van der Waals surface area contributed by atoms with Gasteiger partial charge in [-0.1, -0.05) is 0 Å². The molecule has 21 heavy (non-hydrogen) atoms. The highest BCUT2D eigenvalue weighted by atomic mass is 16.5. The van der Waals surface area contributed by atoms with Crippen LogP contribution >= 0.6 is 0 Å². The van der Waals surface area contributed by atoms with Crippen LogP contribution in [0.3, 0.4) is 0 Å². The second kappa shape index (κ2) is 8.26. The maximum Gasteiger partial charge on any atom is 0.305 e. The molecule has 0 aliphatic carbocycles. The zero-order valence-electron chi connectivity index (χ0n) is 12.8. The first-order valence-corrected chi connectivity index (χ1v) is 6.57. The second-order valence-electron chi connectivity index (χ2n) is 4.39. The lowest BCUT2D eigenvalue weighted by atomic mass is 9.99. The zero-order chi connectivity index (χ0) is 15.8. The Morgan fingerprint density at radius 1 is 1.19 bits per heavy atom. The number of ether oxygens (including phenoxy) is 3. The third-order valence-corrected chi connectivity index (χ3v) is 3.20. The number of methoxy groups -OCH3 is 3. The van der Waals surface area contributed by atoms with Crippen LogP contribution in [0.1, 0.15) is 23.2 Å². The van der Waals surface area contributed by atoms with E-state index in [9.17, 15) is 9.59 Å². The number of likely N-dealkylation sites (N-methyl/N-ethyl adjacent to an activating group) is 1. The Morgan fingerprint density at radius 2 is 1.90 bits per heavy atom. The molecule has 1 rings (SSSR count). The molecule has 0 saturated carbocycles. The zero-order valence-corrected chi connectivity index (χ0v) is 12.8. The lowest BCUT2D eigenvalue weighted by molar-refractivity contribution is -0.140. The molecule has 0 spiro atoms. The van der Waals surface area contributed by atoms with Crippen LogP contribution in [-0.2, 0) is 9.53 Å². The van der Waals surface area contributed by atoms with Gasteiger partial charge in [-0.05, 0) is 25.6 Å². The average Bonchev–Trinajstić information content (AvgIpc) is 2.53. The standard InChI is InChI=1S/C15H21NO5/c1-16-12(7-8-14(17)21-4)15(18)11-6-5-10(19-2)9-13(11)20-3/h5-6,9,12,16H,7-8H2,1-4H3. The fourth-order valence-corrected chi connectivity index (χ4v) is 1.96. The number of Topliss-reactive ketones (excluding diaryl/α,β-unsaturated/α-hetero) is 1. The summed E-state index contributed by atoms with van der Waals surface area (Å²) >= 11 is 0. The summed E-state index contributed by atoms with van der Waals surface area (Å²) in [5.74, 6) is 0.572. The molecule has 1 aromatic rings. The summed E-state index contributed by atoms with van der Waals surface area (Å²) in [6.45, 7) is 0. The highest BCUT2D eigenvalue weighted by Gasteiger charge is 2.22. The van der Waals surface area contributed by atoms with Crippen LogP contribution < -0.4 is 14.8 Å². The Hall–Kier alpha value is -2.08. The molecule has 0 heterocycles. The second-order valence-corrected chi connectivity index (χ2v) is 4.39. The molecule has 0 saturated heterocycles. The number of carbonyl (C=O) groups excluding carboxylic acids is 2. The minimum absolute atomic E-state index is 0.138. The summed E-state index contributed by atoms with van der Waals surface area (Å²) in [5.41, 5.74) is 0.447. The summed E-state index contributed by atoms with van der Waals surface area (Å²) in [6, 6.07) is 4.53. The summed E-state index contributed by atoms with van der Waals surface area (Å²) in [5, 5.41) is 2.92. The molecular formula is C15H21NO5. The normalized spacial score (nSPS) is 11.6. The first-order chi connectivity index (χ1) is 10.1. The number of ketones is 1. The maximum absolute atomic E-state index is 12.5. The van der Waals surface area contributed by atoms with Gasteiger partial charge in [0.05, 0.1) is 32.9 Å². The minimum atomic E-state index is -0.480. The molecular weight excluding hydrogens is 274 g/mol. The SMILES string of the molecule is CNC(CCC(=O)OC)C(=O)c1ccc(OC)cc1OC. The quantitative estimate of drug-likeness (QED) is 0.577. The molecule has 1 aromatic carbocycles. The molecule has 1 N–H and O–H groups in total. The molecule has 0 aliphatic rings. The van der Waals surface area contributed by atoms with E-state index in [1.54, 1.807) is 32.4 Å². The number of benzene rings is 1. The molecule has 1 atom stereocenters. The predicted molar refractivity (Wildman–Crippen MR) is 78.0 cm³/mol. The van der Waals surface area contributed by atoms with Crippen molar-refractivity contribution in [2.45, 2.75) is 18.9 Å². The van der Waals surface area contributed by atoms with Crippen molar-refractivity contribution in [3.63, 3.8) is 0 Å². The summed E-state index contributed by atoms with van der Waals surface area (Å²) in [6.07, 6.45) is 0.531. The van der Waals surface area contributed by atoms with Gasteiger partial charge in [0.1, 0.15) is 11.5 Å². The van der Waals surface area contributed by atoms with Gasteiger partial charge in [0.15, 0.2) is 5.78 Å². The highest BCUT2D eigenvalue weighted by Crippen LogP contribution is 2.26. The van der Waals surface area contributed by atoms with E-state index < -0.39 is 6.04 Å². The Bertz CT molecular complexity index is 501. The van der Waals surface area contributed by atoms with E-state index in [-0.39, 0.29) is 18.2 Å². The first-order valence-electron chi connectivity index (χ1n) is 6.57. The summed E-state index contributed by atoms with van der Waals surface area (Å²) in [7, 11) is 6.04. The van der Waals surface area contributed by atoms with Gasteiger partial charge in [0, 0.05) is 12.5 Å². The van der Waals surface area contributed by atoms with Crippen molar-refractivity contribution in [1.82, 2.24) is 5.32 Å². The van der Waals surface area contributed by atoms with Crippen molar-refractivity contribution in [2.75, 3.05) is 28.4 Å². The van der Waals surface area contributed by atoms with Crippen molar-refractivity contribution in [2.24, 2.45) is 0 Å². The number of hydrogen-bond donors (Lipinski definition) is 1. The van der Waals surface area contributed by atoms with Gasteiger partial charge in [-0.15, -0.1) is 0 Å². The van der Waals surface area contributed by atoms with Crippen LogP contribution in [0.4, 0.5) is 0 Å². The van der Waals surface area contributed by atoms with Crippen molar-refractivity contribution in [3.8, 4) is 11.5 Å². The molecule has 116 valence electrons. The van der Waals surface area contributed by atoms with Gasteiger partial charge < -0.3 is 19.5 Å². The number of hydrogen-bond acceptors (Lipinski definition) is 6. The number of carbonyl (C=O) groups is 2. The van der Waals surface area contributed by atoms with Crippen molar-refractivity contribution in [1.29, 1.82) is 0 Å². The molecule has 0 bridgehead atoms. The topological polar surface area (TPSA) is 73.9 Å². The minimum Gasteiger partial charge on any atom is -0.497 e. The van der Waals surface area contributed by atoms with E-state index >= 15 is 0 Å². The molecule has 0 aromatic heterocycles. The molecule has 1 unspecified atom stereocenters. The number of nitrogens with one attached hydrogen (secondary N) is 1. The van der Waals surface area contributed by atoms with Gasteiger partial charge in [-0.3, -0.25) is 9.59 Å². The van der Waals surface area contributed by atoms with Crippen molar-refractivity contribution >= 4 is 11.8 Å². The maximum atomic E-state index is 12.5. The van der Waals surface area contributed by atoms with Crippen molar-refractivity contribution in [3.05, 3.63) is 23.8 Å². The van der Waals surface area contributed by atoms with Crippen LogP contribution in [0, 0.1) is 0 Å². The fraction of sp³-hybridized carbons (Fsp3) is 0.467. The van der Waals surface area contributed by atoms with Crippen LogP contribution in [0.15, 0.2) is 18.2 Å². The molecule has 0 aliphatic heterocycles. The third kappa shape index (κ3) is 4.46. The third-order valence-electron chi connectivity index (χ3n) is 3.20. The Kier molecular flexibility index (Phi) is 6.68. The van der Waals surface area contributed by atoms with Crippen LogP contribution in [0.25, 0.3) is 0 Å². The van der Waals surface area contributed by atoms with E-state index in [1.807, 2.05) is 0 Å². The van der Waals surface area contributed by atoms with E-state index in [4.69, 9.17) is 9.47 Å². The van der Waals surface area contributed by atoms with E-state index in [1.165, 1.54) is 14.2 Å². The molecule has 6 nitrogen and oxygen atoms in total. The van der Waals surface area contributed by atoms with Crippen LogP contribution in [0.5, 0.6) is 11.5 Å². The molecule has 6 heteroatoms. The van der Waals surface area contributed by atoms with Gasteiger partial charge in [-0.25, -0.2) is 0 Å². The van der Waals surface area contributed by atoms with Gasteiger partial charge >= 0.3 is 5.97 Å². The number of rotatable bonds is 8. The largest absolute Gasteiger partial charge is 0.497 e. The summed E-state index contributed by atoms with van der Waals surface area (Å²) in [4.78, 5) is 23.7. The van der Waals surface area contributed by atoms with Crippen LogP contribution in [0.2, 0.25) is 0 Å². The summed E-state index contributed by atoms with van der Waals surface area (Å²) < 4.78 is 14.9. The monoisotopic (exact) mass is 295 g/mol. The smallest absolute Gasteiger partial charge is 0.305 e. The van der Waals surface area contributed by atoms with Crippen LogP contribution in [-0.4, -0.2) is 46.2 Å². The van der Waals surface area contributed by atoms with E-state index in [0.717, 1.165) is 0 Å². The number of esters is 1. The highest BCUT2D eigenvalue weighted by molar-refractivity contribution is 6.02. The van der Waals surface area contributed by atoms with E-state index in [0.29, 0.717) is 23.5 Å². The van der Waals surface area contributed by atoms with E-state index in [2.05, 4.69) is 10.1 Å². The first kappa shape index (κ1) is 17.0. The lowest BCUT2D eigenvalue weighted by Gasteiger charge is -2.16.